The molecule has 1 saturated heterocycles. The Morgan fingerprint density at radius 1 is 1.12 bits per heavy atom. The van der Waals surface area contributed by atoms with Crippen LogP contribution < -0.4 is 16.0 Å². The van der Waals surface area contributed by atoms with Crippen molar-refractivity contribution in [3.63, 3.8) is 0 Å². The number of nitrogens with zero attached hydrogens (tertiary/aromatic N) is 1. The first-order valence-corrected chi connectivity index (χ1v) is 9.33. The van der Waals surface area contributed by atoms with E-state index in [1.807, 2.05) is 4.90 Å². The average Bonchev–Trinajstić information content (AvgIpc) is 2.88. The van der Waals surface area contributed by atoms with Crippen molar-refractivity contribution in [1.82, 2.24) is 5.32 Å². The van der Waals surface area contributed by atoms with E-state index in [2.05, 4.69) is 38.2 Å². The molecule has 0 radical (unpaired) electrons. The van der Waals surface area contributed by atoms with Crippen molar-refractivity contribution in [2.24, 2.45) is 11.7 Å². The third kappa shape index (κ3) is 3.56. The van der Waals surface area contributed by atoms with Gasteiger partial charge >= 0.3 is 0 Å². The number of primary amides is 1. The smallest absolute Gasteiger partial charge is 0.244 e. The molecule has 136 valence electrons. The Balaban J connectivity index is 1.75. The van der Waals surface area contributed by atoms with E-state index in [0.29, 0.717) is 0 Å². The minimum atomic E-state index is -0.246. The molecule has 25 heavy (non-hydrogen) atoms. The molecule has 3 N–H and O–H groups in total. The lowest BCUT2D eigenvalue weighted by molar-refractivity contribution is -0.125. The van der Waals surface area contributed by atoms with Crippen LogP contribution in [0.4, 0.5) is 5.69 Å². The summed E-state index contributed by atoms with van der Waals surface area (Å²) in [4.78, 5) is 26.6. The lowest BCUT2D eigenvalue weighted by Crippen LogP contribution is -2.51. The fourth-order valence-electron chi connectivity index (χ4n) is 4.58. The van der Waals surface area contributed by atoms with Gasteiger partial charge in [-0.1, -0.05) is 30.5 Å². The molecule has 5 heteroatoms. The van der Waals surface area contributed by atoms with Gasteiger partial charge in [0, 0.05) is 18.3 Å². The molecule has 1 aliphatic heterocycles. The van der Waals surface area contributed by atoms with Crippen molar-refractivity contribution < 1.29 is 9.59 Å². The summed E-state index contributed by atoms with van der Waals surface area (Å²) in [7, 11) is 0. The highest BCUT2D eigenvalue weighted by Gasteiger charge is 2.38. The van der Waals surface area contributed by atoms with Crippen molar-refractivity contribution in [2.75, 3.05) is 11.4 Å². The number of hydrogen-bond acceptors (Lipinski definition) is 3. The Morgan fingerprint density at radius 3 is 2.40 bits per heavy atom. The van der Waals surface area contributed by atoms with Gasteiger partial charge in [-0.05, 0) is 51.2 Å². The number of benzene rings is 1. The maximum atomic E-state index is 13.0. The maximum Gasteiger partial charge on any atom is 0.244 e. The summed E-state index contributed by atoms with van der Waals surface area (Å²) in [6, 6.07) is 4.06. The molecule has 1 aromatic rings. The molecular formula is C20H29N3O2. The number of carbonyl (C=O) groups is 2. The molecule has 1 heterocycles. The van der Waals surface area contributed by atoms with Crippen molar-refractivity contribution >= 4 is 17.5 Å². The molecule has 3 atom stereocenters. The molecule has 1 aliphatic carbocycles. The van der Waals surface area contributed by atoms with Crippen LogP contribution in [-0.4, -0.2) is 30.4 Å². The normalized spacial score (nSPS) is 26.9. The maximum absolute atomic E-state index is 13.0. The highest BCUT2D eigenvalue weighted by Crippen LogP contribution is 2.31. The lowest BCUT2D eigenvalue weighted by atomic mass is 9.83. The van der Waals surface area contributed by atoms with Crippen LogP contribution in [-0.2, 0) is 9.59 Å². The van der Waals surface area contributed by atoms with Crippen LogP contribution in [0.15, 0.2) is 12.1 Å². The van der Waals surface area contributed by atoms with Crippen molar-refractivity contribution in [3.8, 4) is 0 Å². The third-order valence-corrected chi connectivity index (χ3v) is 5.66. The molecule has 1 saturated carbocycles. The molecule has 1 aromatic carbocycles. The number of nitrogens with two attached hydrogens (primary N) is 1. The standard InChI is InChI=1S/C20H29N3O2/c1-12-10-13(2)18(14(3)11-12)23-9-8-17(20(23)25)22-16-7-5-4-6-15(16)19(21)24/h10-11,15-17,22H,4-9H2,1-3H3,(H2,21,24)/t15-,16-,17+/m1/s1. The van der Waals surface area contributed by atoms with Crippen LogP contribution in [0.5, 0.6) is 0 Å². The molecule has 0 unspecified atom stereocenters. The molecule has 0 aromatic heterocycles. The molecule has 3 rings (SSSR count). The Morgan fingerprint density at radius 2 is 1.76 bits per heavy atom. The first-order chi connectivity index (χ1) is 11.9. The summed E-state index contributed by atoms with van der Waals surface area (Å²) < 4.78 is 0. The number of nitrogens with one attached hydrogen (secondary N) is 1. The van der Waals surface area contributed by atoms with E-state index in [9.17, 15) is 9.59 Å². The molecule has 2 amide bonds. The Labute approximate surface area is 150 Å². The number of amides is 2. The fourth-order valence-corrected chi connectivity index (χ4v) is 4.58. The predicted octanol–water partition coefficient (Wildman–Crippen LogP) is 2.35. The molecular weight excluding hydrogens is 314 g/mol. The van der Waals surface area contributed by atoms with Gasteiger partial charge in [-0.3, -0.25) is 9.59 Å². The van der Waals surface area contributed by atoms with Crippen LogP contribution in [0, 0.1) is 26.7 Å². The highest BCUT2D eigenvalue weighted by molar-refractivity contribution is 6.00. The SMILES string of the molecule is Cc1cc(C)c(N2CC[C@H](N[C@@H]3CCCC[C@H]3C(N)=O)C2=O)c(C)c1. The van der Waals surface area contributed by atoms with Crippen LogP contribution >= 0.6 is 0 Å². The lowest BCUT2D eigenvalue weighted by Gasteiger charge is -2.32. The second-order valence-electron chi connectivity index (χ2n) is 7.64. The topological polar surface area (TPSA) is 75.4 Å². The zero-order chi connectivity index (χ0) is 18.1. The number of carbonyl (C=O) groups excluding carboxylic acids is 2. The number of hydrogen-bond donors (Lipinski definition) is 2. The van der Waals surface area contributed by atoms with Gasteiger partial charge in [-0.25, -0.2) is 0 Å². The van der Waals surface area contributed by atoms with Crippen LogP contribution in [0.1, 0.15) is 48.8 Å². The molecule has 2 fully saturated rings. The van der Waals surface area contributed by atoms with E-state index in [0.717, 1.165) is 55.5 Å². The van der Waals surface area contributed by atoms with E-state index < -0.39 is 0 Å². The first kappa shape index (κ1) is 17.9. The Kier molecular flexibility index (Phi) is 5.13. The fraction of sp³-hybridized carbons (Fsp3) is 0.600. The van der Waals surface area contributed by atoms with Gasteiger partial charge in [0.15, 0.2) is 0 Å². The van der Waals surface area contributed by atoms with E-state index >= 15 is 0 Å². The van der Waals surface area contributed by atoms with Crippen molar-refractivity contribution in [3.05, 3.63) is 28.8 Å². The zero-order valence-electron chi connectivity index (χ0n) is 15.5. The summed E-state index contributed by atoms with van der Waals surface area (Å²) in [5.41, 5.74) is 10.1. The summed E-state index contributed by atoms with van der Waals surface area (Å²) in [6.07, 6.45) is 4.64. The second-order valence-corrected chi connectivity index (χ2v) is 7.64. The average molecular weight is 343 g/mol. The summed E-state index contributed by atoms with van der Waals surface area (Å²) in [5, 5.41) is 3.46. The van der Waals surface area contributed by atoms with Crippen LogP contribution in [0.2, 0.25) is 0 Å². The van der Waals surface area contributed by atoms with Gasteiger partial charge in [0.25, 0.3) is 0 Å². The van der Waals surface area contributed by atoms with Crippen molar-refractivity contribution in [2.45, 2.75) is 65.0 Å². The molecule has 0 bridgehead atoms. The second kappa shape index (κ2) is 7.16. The van der Waals surface area contributed by atoms with E-state index in [1.165, 1.54) is 5.56 Å². The van der Waals surface area contributed by atoms with Gasteiger partial charge in [-0.15, -0.1) is 0 Å². The minimum Gasteiger partial charge on any atom is -0.369 e. The monoisotopic (exact) mass is 343 g/mol. The summed E-state index contributed by atoms with van der Waals surface area (Å²) >= 11 is 0. The number of rotatable bonds is 4. The largest absolute Gasteiger partial charge is 0.369 e. The number of anilines is 1. The Bertz CT molecular complexity index is 663. The van der Waals surface area contributed by atoms with E-state index in [-0.39, 0.29) is 29.8 Å². The highest BCUT2D eigenvalue weighted by atomic mass is 16.2. The quantitative estimate of drug-likeness (QED) is 0.881. The van der Waals surface area contributed by atoms with Crippen LogP contribution in [0.25, 0.3) is 0 Å². The van der Waals surface area contributed by atoms with Gasteiger partial charge in [0.05, 0.1) is 12.0 Å². The summed E-state index contributed by atoms with van der Waals surface area (Å²) in [6.45, 7) is 6.92. The van der Waals surface area contributed by atoms with Gasteiger partial charge in [-0.2, -0.15) is 0 Å². The predicted molar refractivity (Wildman–Crippen MR) is 99.5 cm³/mol. The summed E-state index contributed by atoms with van der Waals surface area (Å²) in [5.74, 6) is -0.285. The zero-order valence-corrected chi connectivity index (χ0v) is 15.5. The van der Waals surface area contributed by atoms with Gasteiger partial charge in [0.1, 0.15) is 0 Å². The van der Waals surface area contributed by atoms with E-state index in [1.54, 1.807) is 0 Å². The minimum absolute atomic E-state index is 0.0281. The van der Waals surface area contributed by atoms with Gasteiger partial charge < -0.3 is 16.0 Å². The molecule has 2 aliphatic rings. The van der Waals surface area contributed by atoms with Crippen molar-refractivity contribution in [1.29, 1.82) is 0 Å². The van der Waals surface area contributed by atoms with Gasteiger partial charge in [0.2, 0.25) is 11.8 Å². The first-order valence-electron chi connectivity index (χ1n) is 9.33. The number of aryl methyl sites for hydroxylation is 3. The van der Waals surface area contributed by atoms with Crippen LogP contribution in [0.3, 0.4) is 0 Å². The molecule has 0 spiro atoms. The Hall–Kier alpha value is -1.88. The third-order valence-electron chi connectivity index (χ3n) is 5.66. The van der Waals surface area contributed by atoms with E-state index in [4.69, 9.17) is 5.73 Å². The molecule has 5 nitrogen and oxygen atoms in total.